The molecule has 1 amide bonds. The lowest BCUT2D eigenvalue weighted by atomic mass is 9.66. The predicted molar refractivity (Wildman–Crippen MR) is 135 cm³/mol. The highest BCUT2D eigenvalue weighted by atomic mass is 16.7. The van der Waals surface area contributed by atoms with Crippen LogP contribution in [0.5, 0.6) is 0 Å². The third-order valence-electron chi connectivity index (χ3n) is 7.64. The number of para-hydroxylation sites is 1. The monoisotopic (exact) mass is 500 g/mol. The molecular weight excluding hydrogens is 472 g/mol. The summed E-state index contributed by atoms with van der Waals surface area (Å²) in [6.07, 6.45) is -0.0135. The first-order valence-electron chi connectivity index (χ1n) is 11.9. The van der Waals surface area contributed by atoms with Crippen molar-refractivity contribution in [1.29, 1.82) is 0 Å². The number of benzene rings is 3. The van der Waals surface area contributed by atoms with Crippen LogP contribution in [0.3, 0.4) is 0 Å². The summed E-state index contributed by atoms with van der Waals surface area (Å²) in [7, 11) is 4.09. The van der Waals surface area contributed by atoms with Gasteiger partial charge in [0.05, 0.1) is 19.6 Å². The maximum Gasteiger partial charge on any atom is 0.324 e. The van der Waals surface area contributed by atoms with Gasteiger partial charge in [-0.3, -0.25) is 19.2 Å². The lowest BCUT2D eigenvalue weighted by Crippen LogP contribution is -2.52. The number of esters is 2. The number of nitrogens with zero attached hydrogens (tertiary/aromatic N) is 1. The second-order valence-electron chi connectivity index (χ2n) is 9.35. The number of hydrogen-bond acceptors (Lipinski definition) is 7. The number of amides is 1. The van der Waals surface area contributed by atoms with E-state index in [0.717, 1.165) is 0 Å². The van der Waals surface area contributed by atoms with Gasteiger partial charge in [0.15, 0.2) is 5.41 Å². The third kappa shape index (κ3) is 3.33. The highest BCUT2D eigenvalue weighted by Crippen LogP contribution is 2.79. The van der Waals surface area contributed by atoms with Crippen LogP contribution in [-0.2, 0) is 34.3 Å². The number of methoxy groups -OCH3 is 2. The van der Waals surface area contributed by atoms with E-state index in [-0.39, 0.29) is 6.42 Å². The van der Waals surface area contributed by atoms with Crippen molar-refractivity contribution in [1.82, 2.24) is 5.06 Å². The molecule has 1 heterocycles. The normalized spacial score (nSPS) is 23.3. The molecule has 2 aliphatic rings. The van der Waals surface area contributed by atoms with Crippen molar-refractivity contribution in [3.05, 3.63) is 102 Å². The summed E-state index contributed by atoms with van der Waals surface area (Å²) in [6, 6.07) is 26.6. The van der Waals surface area contributed by atoms with Crippen molar-refractivity contribution in [3.63, 3.8) is 0 Å². The van der Waals surface area contributed by atoms with Crippen LogP contribution in [0.1, 0.15) is 17.5 Å². The summed E-state index contributed by atoms with van der Waals surface area (Å²) < 4.78 is 10.4. The average molecular weight is 501 g/mol. The Balaban J connectivity index is 1.79. The van der Waals surface area contributed by atoms with Gasteiger partial charge in [-0.25, -0.2) is 0 Å². The third-order valence-corrected chi connectivity index (χ3v) is 7.64. The first-order valence-corrected chi connectivity index (χ1v) is 11.9. The molecule has 190 valence electrons. The maximum absolute atomic E-state index is 14.0. The topological polar surface area (TPSA) is 94.2 Å². The standard InChI is InChI=1S/C29H28N2O6/c1-31-23(24(32)30-22-17-11-6-12-18-22)28(19-27(28,25(33)35-2)26(34)36-3)29(37-31,20-13-7-4-8-14-20)21-15-9-5-10-16-21/h4-18,23H,19H2,1-3H3,(H,30,32). The zero-order valence-electron chi connectivity index (χ0n) is 20.8. The number of rotatable bonds is 6. The van der Waals surface area contributed by atoms with Gasteiger partial charge in [0, 0.05) is 12.7 Å². The molecule has 2 unspecified atom stereocenters. The SMILES string of the molecule is COC(=O)C1(C(=O)OC)CC12C(C(=O)Nc1ccccc1)N(C)OC2(c1ccccc1)c1ccccc1. The maximum atomic E-state index is 14.0. The molecule has 0 bridgehead atoms. The molecule has 1 aliphatic carbocycles. The fourth-order valence-electron chi connectivity index (χ4n) is 6.18. The lowest BCUT2D eigenvalue weighted by Gasteiger charge is -2.37. The van der Waals surface area contributed by atoms with Crippen molar-refractivity contribution in [2.45, 2.75) is 18.1 Å². The average Bonchev–Trinajstić information content (AvgIpc) is 3.56. The minimum atomic E-state index is -1.79. The molecule has 1 saturated heterocycles. The molecule has 8 heteroatoms. The summed E-state index contributed by atoms with van der Waals surface area (Å²) in [5, 5.41) is 4.39. The number of ether oxygens (including phenoxy) is 2. The van der Waals surface area contributed by atoms with Crippen molar-refractivity contribution < 1.29 is 28.7 Å². The fourth-order valence-corrected chi connectivity index (χ4v) is 6.18. The number of hydrogen-bond donors (Lipinski definition) is 1. The molecule has 5 rings (SSSR count). The second kappa shape index (κ2) is 9.14. The Morgan fingerprint density at radius 2 is 1.27 bits per heavy atom. The van der Waals surface area contributed by atoms with E-state index in [4.69, 9.17) is 14.3 Å². The zero-order valence-corrected chi connectivity index (χ0v) is 20.8. The van der Waals surface area contributed by atoms with Crippen molar-refractivity contribution in [3.8, 4) is 0 Å². The number of nitrogens with one attached hydrogen (secondary N) is 1. The van der Waals surface area contributed by atoms with E-state index in [1.54, 1.807) is 19.2 Å². The van der Waals surface area contributed by atoms with Crippen LogP contribution in [0, 0.1) is 10.8 Å². The van der Waals surface area contributed by atoms with E-state index >= 15 is 0 Å². The number of likely N-dealkylation sites (N-methyl/N-ethyl adjacent to an activating group) is 1. The fraction of sp³-hybridized carbons (Fsp3) is 0.276. The summed E-state index contributed by atoms with van der Waals surface area (Å²) >= 11 is 0. The summed E-state index contributed by atoms with van der Waals surface area (Å²) in [6.45, 7) is 0. The van der Waals surface area contributed by atoms with Gasteiger partial charge in [0.25, 0.3) is 0 Å². The van der Waals surface area contributed by atoms with Gasteiger partial charge in [-0.1, -0.05) is 78.9 Å². The number of hydroxylamine groups is 2. The Kier molecular flexibility index (Phi) is 6.09. The lowest BCUT2D eigenvalue weighted by molar-refractivity contribution is -0.186. The molecule has 1 spiro atoms. The molecule has 1 aliphatic heterocycles. The first kappa shape index (κ1) is 24.7. The van der Waals surface area contributed by atoms with E-state index in [0.29, 0.717) is 16.8 Å². The van der Waals surface area contributed by atoms with Gasteiger partial charge in [-0.2, -0.15) is 5.06 Å². The highest BCUT2D eigenvalue weighted by Gasteiger charge is 2.92. The number of anilines is 1. The van der Waals surface area contributed by atoms with E-state index in [9.17, 15) is 14.4 Å². The molecule has 1 N–H and O–H groups in total. The van der Waals surface area contributed by atoms with Gasteiger partial charge < -0.3 is 14.8 Å². The number of carbonyl (C=O) groups excluding carboxylic acids is 3. The van der Waals surface area contributed by atoms with Crippen LogP contribution in [0.2, 0.25) is 0 Å². The second-order valence-corrected chi connectivity index (χ2v) is 9.35. The van der Waals surface area contributed by atoms with E-state index in [2.05, 4.69) is 5.32 Å². The molecule has 8 nitrogen and oxygen atoms in total. The molecule has 37 heavy (non-hydrogen) atoms. The zero-order chi connectivity index (χ0) is 26.3. The summed E-state index contributed by atoms with van der Waals surface area (Å²) in [4.78, 5) is 47.7. The van der Waals surface area contributed by atoms with E-state index in [1.165, 1.54) is 19.3 Å². The van der Waals surface area contributed by atoms with Crippen LogP contribution < -0.4 is 5.32 Å². The summed E-state index contributed by atoms with van der Waals surface area (Å²) in [5.74, 6) is -1.96. The molecular formula is C29H28N2O6. The first-order chi connectivity index (χ1) is 17.9. The molecule has 3 aromatic carbocycles. The van der Waals surface area contributed by atoms with Gasteiger partial charge in [-0.15, -0.1) is 0 Å². The van der Waals surface area contributed by atoms with Crippen molar-refractivity contribution in [2.24, 2.45) is 10.8 Å². The summed E-state index contributed by atoms with van der Waals surface area (Å²) in [5.41, 5.74) is -2.60. The number of carbonyl (C=O) groups is 3. The minimum Gasteiger partial charge on any atom is -0.468 e. The quantitative estimate of drug-likeness (QED) is 0.409. The predicted octanol–water partition coefficient (Wildman–Crippen LogP) is 3.54. The Bertz CT molecular complexity index is 1260. The van der Waals surface area contributed by atoms with Gasteiger partial charge in [-0.05, 0) is 29.7 Å². The van der Waals surface area contributed by atoms with E-state index < -0.39 is 40.3 Å². The van der Waals surface area contributed by atoms with Crippen LogP contribution in [0.25, 0.3) is 0 Å². The van der Waals surface area contributed by atoms with Crippen LogP contribution in [0.4, 0.5) is 5.69 Å². The Morgan fingerprint density at radius 3 is 1.73 bits per heavy atom. The van der Waals surface area contributed by atoms with Gasteiger partial charge in [0.1, 0.15) is 11.6 Å². The van der Waals surface area contributed by atoms with Crippen molar-refractivity contribution in [2.75, 3.05) is 26.6 Å². The molecule has 2 atom stereocenters. The minimum absolute atomic E-state index is 0.0135. The van der Waals surface area contributed by atoms with Crippen LogP contribution in [-0.4, -0.2) is 50.2 Å². The largest absolute Gasteiger partial charge is 0.468 e. The Labute approximate surface area is 215 Å². The van der Waals surface area contributed by atoms with E-state index in [1.807, 2.05) is 78.9 Å². The molecule has 1 saturated carbocycles. The Morgan fingerprint density at radius 1 is 0.811 bits per heavy atom. The highest BCUT2D eigenvalue weighted by molar-refractivity contribution is 6.08. The molecule has 0 radical (unpaired) electrons. The van der Waals surface area contributed by atoms with Gasteiger partial charge in [0.2, 0.25) is 5.91 Å². The smallest absolute Gasteiger partial charge is 0.324 e. The molecule has 0 aromatic heterocycles. The van der Waals surface area contributed by atoms with Crippen molar-refractivity contribution >= 4 is 23.5 Å². The molecule has 2 fully saturated rings. The van der Waals surface area contributed by atoms with Crippen LogP contribution >= 0.6 is 0 Å². The molecule has 3 aromatic rings. The van der Waals surface area contributed by atoms with Gasteiger partial charge >= 0.3 is 11.9 Å². The van der Waals surface area contributed by atoms with Crippen LogP contribution in [0.15, 0.2) is 91.0 Å². The Hall–Kier alpha value is -4.01.